The highest BCUT2D eigenvalue weighted by molar-refractivity contribution is 7.89. The van der Waals surface area contributed by atoms with E-state index >= 15 is 0 Å². The Hall–Kier alpha value is -2.91. The van der Waals surface area contributed by atoms with E-state index in [1.807, 2.05) is 0 Å². The molecule has 29 heavy (non-hydrogen) atoms. The minimum Gasteiger partial charge on any atom is -0.357 e. The van der Waals surface area contributed by atoms with Gasteiger partial charge in [0, 0.05) is 25.4 Å². The average molecular weight is 417 g/mol. The molecule has 8 nitrogen and oxygen atoms in total. The molecule has 1 fully saturated rings. The van der Waals surface area contributed by atoms with E-state index in [0.717, 1.165) is 25.7 Å². The molecule has 1 saturated heterocycles. The van der Waals surface area contributed by atoms with Gasteiger partial charge in [-0.05, 0) is 48.7 Å². The maximum absolute atomic E-state index is 12.8. The maximum Gasteiger partial charge on any atom is 0.286 e. The number of aromatic amines is 1. The van der Waals surface area contributed by atoms with Crippen molar-refractivity contribution >= 4 is 27.9 Å². The summed E-state index contributed by atoms with van der Waals surface area (Å²) in [5, 5.41) is 0. The molecule has 1 aliphatic rings. The molecule has 3 rings (SSSR count). The van der Waals surface area contributed by atoms with Crippen molar-refractivity contribution in [3.63, 3.8) is 0 Å². The lowest BCUT2D eigenvalue weighted by molar-refractivity contribution is -0.117. The highest BCUT2D eigenvalue weighted by Gasteiger charge is 2.24. The highest BCUT2D eigenvalue weighted by Crippen LogP contribution is 2.20. The molecule has 0 aliphatic carbocycles. The molecule has 1 aromatic heterocycles. The second-order valence-electron chi connectivity index (χ2n) is 6.75. The van der Waals surface area contributed by atoms with Gasteiger partial charge in [0.15, 0.2) is 0 Å². The summed E-state index contributed by atoms with van der Waals surface area (Å²) in [6.07, 6.45) is 8.29. The number of carbonyl (C=O) groups is 2. The lowest BCUT2D eigenvalue weighted by atomic mass is 10.2. The molecule has 154 valence electrons. The smallest absolute Gasteiger partial charge is 0.286 e. The number of aromatic nitrogens is 1. The van der Waals surface area contributed by atoms with Crippen LogP contribution in [0.1, 0.15) is 41.7 Å². The quantitative estimate of drug-likeness (QED) is 0.512. The van der Waals surface area contributed by atoms with Crippen LogP contribution >= 0.6 is 0 Å². The topological polar surface area (TPSA) is 111 Å². The van der Waals surface area contributed by atoms with Crippen molar-refractivity contribution in [1.29, 1.82) is 0 Å². The number of nitrogens with one attached hydrogen (secondary N) is 3. The zero-order valence-electron chi connectivity index (χ0n) is 15.9. The summed E-state index contributed by atoms with van der Waals surface area (Å²) in [4.78, 5) is 26.5. The third kappa shape index (κ3) is 5.55. The van der Waals surface area contributed by atoms with Crippen molar-refractivity contribution < 1.29 is 18.0 Å². The van der Waals surface area contributed by atoms with Gasteiger partial charge in [0.25, 0.3) is 11.8 Å². The van der Waals surface area contributed by atoms with Gasteiger partial charge >= 0.3 is 0 Å². The summed E-state index contributed by atoms with van der Waals surface area (Å²) >= 11 is 0. The first-order valence-electron chi connectivity index (χ1n) is 9.49. The standard InChI is InChI=1S/C20H24N4O4S/c25-19(22-23-20(26)18-6-5-13-21-18)12-9-16-7-10-17(11-8-16)29(27,28)24-14-3-1-2-4-15-24/h5-13,21H,1-4,14-15H2,(H,22,25)(H,23,26)/b12-9+. The Labute approximate surface area is 170 Å². The van der Waals surface area contributed by atoms with E-state index in [1.165, 1.54) is 6.08 Å². The molecule has 0 atom stereocenters. The first-order chi connectivity index (χ1) is 14.0. The zero-order chi connectivity index (χ0) is 20.7. The van der Waals surface area contributed by atoms with Crippen LogP contribution in [0.2, 0.25) is 0 Å². The maximum atomic E-state index is 12.8. The number of benzene rings is 1. The van der Waals surface area contributed by atoms with E-state index in [2.05, 4.69) is 15.8 Å². The molecular weight excluding hydrogens is 392 g/mol. The van der Waals surface area contributed by atoms with Crippen LogP contribution in [0.5, 0.6) is 0 Å². The second kappa shape index (κ2) is 9.53. The van der Waals surface area contributed by atoms with Crippen LogP contribution in [0.15, 0.2) is 53.6 Å². The first-order valence-corrected chi connectivity index (χ1v) is 10.9. The fraction of sp³-hybridized carbons (Fsp3) is 0.300. The molecule has 2 amide bonds. The SMILES string of the molecule is O=C(/C=C/c1ccc(S(=O)(=O)N2CCCCCC2)cc1)NNC(=O)c1ccc[nH]1. The third-order valence-corrected chi connectivity index (χ3v) is 6.56. The fourth-order valence-corrected chi connectivity index (χ4v) is 4.57. The first kappa shape index (κ1) is 20.8. The van der Waals surface area contributed by atoms with Crippen LogP contribution in [-0.2, 0) is 14.8 Å². The zero-order valence-corrected chi connectivity index (χ0v) is 16.7. The monoisotopic (exact) mass is 416 g/mol. The van der Waals surface area contributed by atoms with Crippen LogP contribution in [-0.4, -0.2) is 42.6 Å². The van der Waals surface area contributed by atoms with E-state index in [4.69, 9.17) is 0 Å². The van der Waals surface area contributed by atoms with E-state index in [1.54, 1.807) is 53.0 Å². The van der Waals surface area contributed by atoms with Crippen molar-refractivity contribution in [1.82, 2.24) is 20.1 Å². The Morgan fingerprint density at radius 3 is 2.28 bits per heavy atom. The summed E-state index contributed by atoms with van der Waals surface area (Å²) in [6, 6.07) is 9.64. The van der Waals surface area contributed by atoms with Gasteiger partial charge in [0.05, 0.1) is 4.90 Å². The van der Waals surface area contributed by atoms with Crippen LogP contribution in [0.4, 0.5) is 0 Å². The normalized spacial score (nSPS) is 15.7. The summed E-state index contributed by atoms with van der Waals surface area (Å²) in [7, 11) is -3.49. The molecule has 0 saturated carbocycles. The van der Waals surface area contributed by atoms with E-state index in [0.29, 0.717) is 24.3 Å². The number of sulfonamides is 1. The number of amides is 2. The molecular formula is C20H24N4O4S. The second-order valence-corrected chi connectivity index (χ2v) is 8.69. The van der Waals surface area contributed by atoms with E-state index in [9.17, 15) is 18.0 Å². The van der Waals surface area contributed by atoms with Crippen LogP contribution in [0, 0.1) is 0 Å². The lowest BCUT2D eigenvalue weighted by Crippen LogP contribution is -2.40. The fourth-order valence-electron chi connectivity index (χ4n) is 3.05. The number of H-pyrrole nitrogens is 1. The van der Waals surface area contributed by atoms with Crippen molar-refractivity contribution in [2.75, 3.05) is 13.1 Å². The van der Waals surface area contributed by atoms with Crippen molar-refractivity contribution in [3.8, 4) is 0 Å². The Kier molecular flexibility index (Phi) is 6.84. The number of hydrazine groups is 1. The lowest BCUT2D eigenvalue weighted by Gasteiger charge is -2.19. The molecule has 0 radical (unpaired) electrons. The van der Waals surface area contributed by atoms with Crippen molar-refractivity contribution in [2.24, 2.45) is 0 Å². The predicted molar refractivity (Wildman–Crippen MR) is 109 cm³/mol. The molecule has 2 aromatic rings. The van der Waals surface area contributed by atoms with Gasteiger partial charge in [0.2, 0.25) is 10.0 Å². The van der Waals surface area contributed by atoms with E-state index < -0.39 is 21.8 Å². The molecule has 0 unspecified atom stereocenters. The van der Waals surface area contributed by atoms with Crippen LogP contribution < -0.4 is 10.9 Å². The minimum atomic E-state index is -3.49. The van der Waals surface area contributed by atoms with E-state index in [-0.39, 0.29) is 4.90 Å². The molecule has 1 aromatic carbocycles. The Bertz CT molecular complexity index is 958. The van der Waals surface area contributed by atoms with Crippen LogP contribution in [0.3, 0.4) is 0 Å². The molecule has 3 N–H and O–H groups in total. The minimum absolute atomic E-state index is 0.249. The number of nitrogens with zero attached hydrogens (tertiary/aromatic N) is 1. The summed E-state index contributed by atoms with van der Waals surface area (Å²) < 4.78 is 27.1. The van der Waals surface area contributed by atoms with Gasteiger partial charge in [-0.2, -0.15) is 4.31 Å². The van der Waals surface area contributed by atoms with Crippen LogP contribution in [0.25, 0.3) is 6.08 Å². The summed E-state index contributed by atoms with van der Waals surface area (Å²) in [5.41, 5.74) is 5.56. The average Bonchev–Trinajstić information content (AvgIpc) is 3.12. The predicted octanol–water partition coefficient (Wildman–Crippen LogP) is 2.05. The summed E-state index contributed by atoms with van der Waals surface area (Å²) in [6.45, 7) is 1.11. The largest absolute Gasteiger partial charge is 0.357 e. The van der Waals surface area contributed by atoms with Crippen molar-refractivity contribution in [3.05, 3.63) is 59.9 Å². The van der Waals surface area contributed by atoms with Gasteiger partial charge in [-0.25, -0.2) is 8.42 Å². The summed E-state index contributed by atoms with van der Waals surface area (Å²) in [5.74, 6) is -0.967. The van der Waals surface area contributed by atoms with Gasteiger partial charge < -0.3 is 4.98 Å². The number of hydrogen-bond donors (Lipinski definition) is 3. The van der Waals surface area contributed by atoms with Crippen molar-refractivity contribution in [2.45, 2.75) is 30.6 Å². The Balaban J connectivity index is 1.56. The molecule has 0 bridgehead atoms. The molecule has 9 heteroatoms. The van der Waals surface area contributed by atoms with Gasteiger partial charge in [-0.1, -0.05) is 25.0 Å². The number of hydrogen-bond acceptors (Lipinski definition) is 4. The Morgan fingerprint density at radius 2 is 1.66 bits per heavy atom. The van der Waals surface area contributed by atoms with Gasteiger partial charge in [-0.15, -0.1) is 0 Å². The highest BCUT2D eigenvalue weighted by atomic mass is 32.2. The molecule has 0 spiro atoms. The number of carbonyl (C=O) groups excluding carboxylic acids is 2. The third-order valence-electron chi connectivity index (χ3n) is 4.65. The van der Waals surface area contributed by atoms with Gasteiger partial charge in [0.1, 0.15) is 5.69 Å². The molecule has 1 aliphatic heterocycles. The molecule has 2 heterocycles. The Morgan fingerprint density at radius 1 is 0.966 bits per heavy atom. The van der Waals surface area contributed by atoms with Gasteiger partial charge in [-0.3, -0.25) is 20.4 Å². The number of rotatable bonds is 5.